The van der Waals surface area contributed by atoms with Crippen LogP contribution in [0.1, 0.15) is 200 Å². The molecule has 0 fully saturated rings. The van der Waals surface area contributed by atoms with Crippen LogP contribution >= 0.6 is 46.2 Å². The van der Waals surface area contributed by atoms with Crippen molar-refractivity contribution in [3.63, 3.8) is 0 Å². The Morgan fingerprint density at radius 3 is 0.633 bits per heavy atom. The lowest BCUT2D eigenvalue weighted by atomic mass is 9.94. The first-order chi connectivity index (χ1) is 43.9. The minimum atomic E-state index is 0.990. The van der Waals surface area contributed by atoms with Crippen LogP contribution in [0.2, 0.25) is 0 Å². The second-order valence-electron chi connectivity index (χ2n) is 20.8. The van der Waals surface area contributed by atoms with Gasteiger partial charge in [0.05, 0.1) is 0 Å². The maximum absolute atomic E-state index is 2.83. The van der Waals surface area contributed by atoms with E-state index < -0.39 is 0 Å². The summed E-state index contributed by atoms with van der Waals surface area (Å²) in [6.07, 6.45) is 4.99. The number of hydrogen-bond acceptors (Lipinski definition) is 0. The van der Waals surface area contributed by atoms with Crippen LogP contribution in [-0.2, 0) is 30.8 Å². The predicted octanol–water partition coefficient (Wildman–Crippen LogP) is 27.6. The van der Waals surface area contributed by atoms with Crippen LogP contribution in [0, 0.1) is 0 Å². The highest BCUT2D eigenvalue weighted by atomic mass is 31.0. The molecule has 0 nitrogen and oxygen atoms in total. The monoisotopic (exact) mass is 1290 g/mol. The fraction of sp³-hybridized carbons (Fsp3) is 0.294. The Morgan fingerprint density at radius 2 is 0.389 bits per heavy atom. The summed E-state index contributed by atoms with van der Waals surface area (Å²) in [6.45, 7) is 41.3. The molecule has 0 N–H and O–H groups in total. The van der Waals surface area contributed by atoms with Gasteiger partial charge in [-0.05, 0) is 235 Å². The topological polar surface area (TPSA) is 0 Å². The van der Waals surface area contributed by atoms with Gasteiger partial charge < -0.3 is 0 Å². The molecule has 0 spiro atoms. The average molecular weight is 1290 g/mol. The lowest BCUT2D eigenvalue weighted by Crippen LogP contribution is -1.88. The molecule has 0 radical (unpaired) electrons. The van der Waals surface area contributed by atoms with Gasteiger partial charge in [-0.2, -0.15) is 0 Å². The Bertz CT molecular complexity index is 3650. The molecule has 5 atom stereocenters. The highest BCUT2D eigenvalue weighted by molar-refractivity contribution is 7.16. The molecule has 0 saturated carbocycles. The van der Waals surface area contributed by atoms with Crippen molar-refractivity contribution in [2.45, 2.75) is 169 Å². The van der Waals surface area contributed by atoms with Gasteiger partial charge in [0.2, 0.25) is 0 Å². The van der Waals surface area contributed by atoms with E-state index >= 15 is 0 Å². The van der Waals surface area contributed by atoms with E-state index in [2.05, 4.69) is 276 Å². The SMILES string of the molecule is CC.CC.CC.CC.CC.CC.CC.CC(C)=C1c2cc(-c3ccc(CP)cc3)ccc2-c2ccc(-c3ccc(CP)cc3)cc21.CC(C)=C1c2cc(CP)ccc2-c2ccc(-c3ccc(CP)cc3)cc21.CC(C)=C1c2ccccc2-c2ccc(CP)cc21. The number of hydrogen-bond donors (Lipinski definition) is 0. The Hall–Kier alpha value is -5.65. The van der Waals surface area contributed by atoms with Gasteiger partial charge in [0, 0.05) is 0 Å². The number of rotatable bonds is 8. The molecule has 12 rings (SSSR count). The van der Waals surface area contributed by atoms with Gasteiger partial charge in [-0.15, -0.1) is 46.2 Å². The third-order valence-electron chi connectivity index (χ3n) is 15.2. The fourth-order valence-electron chi connectivity index (χ4n) is 11.3. The zero-order chi connectivity index (χ0) is 67.2. The van der Waals surface area contributed by atoms with Crippen molar-refractivity contribution in [2.24, 2.45) is 0 Å². The van der Waals surface area contributed by atoms with E-state index in [1.807, 2.05) is 96.9 Å². The van der Waals surface area contributed by atoms with Gasteiger partial charge >= 0.3 is 0 Å². The third kappa shape index (κ3) is 18.8. The van der Waals surface area contributed by atoms with E-state index in [0.29, 0.717) is 0 Å². The van der Waals surface area contributed by atoms with Crippen LogP contribution in [-0.4, -0.2) is 0 Å². The van der Waals surface area contributed by atoms with E-state index in [1.54, 1.807) is 0 Å². The first-order valence-electron chi connectivity index (χ1n) is 33.5. The smallest absolute Gasteiger partial charge is 0.00934 e. The normalized spacial score (nSPS) is 10.7. The molecule has 90 heavy (non-hydrogen) atoms. The first-order valence-corrected chi connectivity index (χ1v) is 37.6. The zero-order valence-corrected chi connectivity index (χ0v) is 64.6. The summed E-state index contributed by atoms with van der Waals surface area (Å²) >= 11 is 0. The Kier molecular flexibility index (Phi) is 35.8. The molecule has 9 aromatic rings. The summed E-state index contributed by atoms with van der Waals surface area (Å²) < 4.78 is 0. The molecule has 0 bridgehead atoms. The van der Waals surface area contributed by atoms with Crippen LogP contribution in [0.5, 0.6) is 0 Å². The highest BCUT2D eigenvalue weighted by Gasteiger charge is 2.28. The van der Waals surface area contributed by atoms with Gasteiger partial charge in [0.15, 0.2) is 0 Å². The molecule has 5 heteroatoms. The lowest BCUT2D eigenvalue weighted by Gasteiger charge is -2.10. The molecule has 0 aromatic heterocycles. The fourth-order valence-corrected chi connectivity index (χ4v) is 12.6. The second-order valence-corrected chi connectivity index (χ2v) is 22.9. The standard InChI is InChI=1S/C30H28P2.C24H24P2.C17H17P.7C2H6/c1-19(2)30-28-15-24(22-7-3-20(17-31)4-8-22)11-13-26(28)27-14-12-25(16-29(27)30)23-9-5-21(18-32)6-10-23;1-15(2)24-22-11-17(14-26)5-9-20(22)21-10-8-19(12-23(21)24)18-6-3-16(13-25)4-7-18;1-11(2)17-15-6-4-3-5-13(15)14-8-7-12(10-18)9-16(14)17;7*1-2/h3-16H,17-18,31-32H2,1-2H3;3-12H,13-14,25-26H2,1-2H3;3-9H,10,18H2,1-2H3;7*1-2H3. The van der Waals surface area contributed by atoms with Crippen LogP contribution < -0.4 is 0 Å². The van der Waals surface area contributed by atoms with Crippen molar-refractivity contribution in [1.29, 1.82) is 0 Å². The Morgan fingerprint density at radius 1 is 0.200 bits per heavy atom. The van der Waals surface area contributed by atoms with Crippen LogP contribution in [0.15, 0.2) is 205 Å². The summed E-state index contributed by atoms with van der Waals surface area (Å²) in [4.78, 5) is 0. The maximum atomic E-state index is 2.83. The van der Waals surface area contributed by atoms with Crippen LogP contribution in [0.3, 0.4) is 0 Å². The molecule has 0 aliphatic heterocycles. The lowest BCUT2D eigenvalue weighted by molar-refractivity contribution is 1.37. The van der Waals surface area contributed by atoms with Crippen molar-refractivity contribution in [2.75, 3.05) is 0 Å². The molecular formula is C85H111P5. The second kappa shape index (κ2) is 41.0. The molecule has 9 aromatic carbocycles. The van der Waals surface area contributed by atoms with Crippen molar-refractivity contribution in [1.82, 2.24) is 0 Å². The van der Waals surface area contributed by atoms with Gasteiger partial charge in [-0.3, -0.25) is 0 Å². The van der Waals surface area contributed by atoms with E-state index in [0.717, 1.165) is 30.8 Å². The summed E-state index contributed by atoms with van der Waals surface area (Å²) in [6, 6.07) is 70.0. The van der Waals surface area contributed by atoms with Gasteiger partial charge in [-0.1, -0.05) is 284 Å². The van der Waals surface area contributed by atoms with E-state index in [4.69, 9.17) is 0 Å². The maximum Gasteiger partial charge on any atom is -0.00934 e. The first kappa shape index (κ1) is 78.6. The molecular weight excluding hydrogens is 1180 g/mol. The number of allylic oxidation sites excluding steroid dienone is 3. The van der Waals surface area contributed by atoms with Crippen molar-refractivity contribution >= 4 is 62.9 Å². The van der Waals surface area contributed by atoms with E-state index in [1.165, 1.54) is 161 Å². The summed E-state index contributed by atoms with van der Waals surface area (Å²) in [5.41, 5.74) is 39.2. The Labute approximate surface area is 561 Å². The van der Waals surface area contributed by atoms with Crippen LogP contribution in [0.25, 0.3) is 83.5 Å². The molecule has 0 amide bonds. The third-order valence-corrected chi connectivity index (χ3v) is 17.5. The number of benzene rings is 9. The highest BCUT2D eigenvalue weighted by Crippen LogP contribution is 2.50. The summed E-state index contributed by atoms with van der Waals surface area (Å²) in [5, 5.41) is 0. The zero-order valence-electron chi connectivity index (χ0n) is 58.8. The molecule has 0 saturated heterocycles. The van der Waals surface area contributed by atoms with Crippen molar-refractivity contribution in [3.8, 4) is 66.8 Å². The quantitative estimate of drug-likeness (QED) is 0.133. The molecule has 476 valence electrons. The molecule has 5 unspecified atom stereocenters. The van der Waals surface area contributed by atoms with Gasteiger partial charge in [-0.25, -0.2) is 0 Å². The van der Waals surface area contributed by atoms with Crippen LogP contribution in [0.4, 0.5) is 0 Å². The molecule has 3 aliphatic carbocycles. The predicted molar refractivity (Wildman–Crippen MR) is 431 cm³/mol. The molecule has 0 heterocycles. The Balaban J connectivity index is 0.000000329. The minimum absolute atomic E-state index is 0.990. The summed E-state index contributed by atoms with van der Waals surface area (Å²) in [7, 11) is 14.0. The number of fused-ring (bicyclic) bond motifs is 9. The van der Waals surface area contributed by atoms with Gasteiger partial charge in [0.25, 0.3) is 0 Å². The van der Waals surface area contributed by atoms with Gasteiger partial charge in [0.1, 0.15) is 0 Å². The average Bonchev–Trinajstić information content (AvgIpc) is 1.63. The largest absolute Gasteiger partial charge is 0.133 e. The molecule has 3 aliphatic rings. The van der Waals surface area contributed by atoms with Crippen molar-refractivity contribution < 1.29 is 0 Å². The van der Waals surface area contributed by atoms with Crippen molar-refractivity contribution in [3.05, 3.63) is 266 Å². The van der Waals surface area contributed by atoms with E-state index in [-0.39, 0.29) is 0 Å². The summed E-state index contributed by atoms with van der Waals surface area (Å²) in [5.74, 6) is 0. The van der Waals surface area contributed by atoms with E-state index in [9.17, 15) is 0 Å². The minimum Gasteiger partial charge on any atom is -0.133 e.